The number of aromatic nitrogens is 2. The van der Waals surface area contributed by atoms with Crippen LogP contribution in [0.25, 0.3) is 11.3 Å². The summed E-state index contributed by atoms with van der Waals surface area (Å²) in [6.07, 6.45) is 0.923. The Morgan fingerprint density at radius 2 is 1.73 bits per heavy atom. The highest BCUT2D eigenvalue weighted by Gasteiger charge is 2.07. The number of rotatable bonds is 8. The van der Waals surface area contributed by atoms with Crippen molar-refractivity contribution in [2.24, 2.45) is 0 Å². The van der Waals surface area contributed by atoms with Gasteiger partial charge in [0.05, 0.1) is 12.2 Å². The van der Waals surface area contributed by atoms with E-state index in [9.17, 15) is 9.59 Å². The minimum atomic E-state index is -0.216. The zero-order valence-electron chi connectivity index (χ0n) is 17.3. The van der Waals surface area contributed by atoms with Gasteiger partial charge in [-0.25, -0.2) is 4.68 Å². The first-order valence-corrected chi connectivity index (χ1v) is 10.5. The molecule has 1 N–H and O–H groups in total. The van der Waals surface area contributed by atoms with Crippen LogP contribution in [0.2, 0.25) is 5.02 Å². The molecule has 0 fully saturated rings. The van der Waals surface area contributed by atoms with Crippen LogP contribution in [0, 0.1) is 0 Å². The number of hydrogen-bond acceptors (Lipinski definition) is 3. The molecule has 0 radical (unpaired) electrons. The van der Waals surface area contributed by atoms with Gasteiger partial charge in [0.25, 0.3) is 5.56 Å². The largest absolute Gasteiger partial charge is 0.356 e. The van der Waals surface area contributed by atoms with Crippen molar-refractivity contribution in [2.75, 3.05) is 6.54 Å². The molecular formula is C24H26ClN3O2. The van der Waals surface area contributed by atoms with Crippen LogP contribution in [-0.4, -0.2) is 22.2 Å². The Bertz CT molecular complexity index is 1040. The zero-order chi connectivity index (χ0) is 21.5. The summed E-state index contributed by atoms with van der Waals surface area (Å²) in [7, 11) is 0. The summed E-state index contributed by atoms with van der Waals surface area (Å²) >= 11 is 5.87. The van der Waals surface area contributed by atoms with Crippen LogP contribution in [0.5, 0.6) is 0 Å². The second kappa shape index (κ2) is 10.2. The van der Waals surface area contributed by atoms with Gasteiger partial charge in [-0.05, 0) is 41.7 Å². The maximum absolute atomic E-state index is 12.2. The van der Waals surface area contributed by atoms with Crippen LogP contribution in [0.1, 0.15) is 37.3 Å². The van der Waals surface area contributed by atoms with E-state index >= 15 is 0 Å². The van der Waals surface area contributed by atoms with E-state index in [1.54, 1.807) is 6.07 Å². The maximum Gasteiger partial charge on any atom is 0.266 e. The van der Waals surface area contributed by atoms with Gasteiger partial charge >= 0.3 is 0 Å². The fraction of sp³-hybridized carbons (Fsp3) is 0.292. The van der Waals surface area contributed by atoms with E-state index in [0.717, 1.165) is 17.5 Å². The lowest BCUT2D eigenvalue weighted by Gasteiger charge is -2.09. The molecule has 0 atom stereocenters. The van der Waals surface area contributed by atoms with E-state index in [1.165, 1.54) is 16.3 Å². The molecule has 0 unspecified atom stereocenters. The summed E-state index contributed by atoms with van der Waals surface area (Å²) in [4.78, 5) is 24.3. The van der Waals surface area contributed by atoms with Gasteiger partial charge in [0.1, 0.15) is 0 Å². The first-order valence-electron chi connectivity index (χ1n) is 10.1. The van der Waals surface area contributed by atoms with Crippen molar-refractivity contribution in [1.82, 2.24) is 15.1 Å². The Morgan fingerprint density at radius 1 is 1.03 bits per heavy atom. The molecule has 0 saturated heterocycles. The van der Waals surface area contributed by atoms with Crippen LogP contribution < -0.4 is 10.9 Å². The third-order valence-corrected chi connectivity index (χ3v) is 5.19. The molecule has 0 aliphatic rings. The van der Waals surface area contributed by atoms with Gasteiger partial charge in [-0.3, -0.25) is 9.59 Å². The minimum absolute atomic E-state index is 0.107. The predicted molar refractivity (Wildman–Crippen MR) is 121 cm³/mol. The fourth-order valence-corrected chi connectivity index (χ4v) is 3.22. The van der Waals surface area contributed by atoms with E-state index in [4.69, 9.17) is 11.6 Å². The summed E-state index contributed by atoms with van der Waals surface area (Å²) in [6, 6.07) is 18.9. The van der Waals surface area contributed by atoms with E-state index in [1.807, 2.05) is 36.4 Å². The molecule has 0 bridgehead atoms. The number of carbonyl (C=O) groups excluding carboxylic acids is 1. The van der Waals surface area contributed by atoms with Crippen molar-refractivity contribution < 1.29 is 4.79 Å². The van der Waals surface area contributed by atoms with Crippen LogP contribution >= 0.6 is 11.6 Å². The minimum Gasteiger partial charge on any atom is -0.356 e. The second-order valence-corrected chi connectivity index (χ2v) is 7.97. The smallest absolute Gasteiger partial charge is 0.266 e. The number of nitrogens with zero attached hydrogens (tertiary/aromatic N) is 2. The number of aryl methyl sites for hydroxylation is 1. The average molecular weight is 424 g/mol. The monoisotopic (exact) mass is 423 g/mol. The first kappa shape index (κ1) is 21.8. The predicted octanol–water partition coefficient (Wildman–Crippen LogP) is 4.44. The molecule has 5 nitrogen and oxygen atoms in total. The van der Waals surface area contributed by atoms with Gasteiger partial charge in [-0.1, -0.05) is 61.8 Å². The van der Waals surface area contributed by atoms with E-state index < -0.39 is 0 Å². The standard InChI is InChI=1S/C24H26ClN3O2/c1-17(2)19-5-7-20(8-6-19)22-11-12-24(30)28(27-22)16-14-23(29)26-15-13-18-3-9-21(25)10-4-18/h3-12,17H,13-16H2,1-2H3,(H,26,29). The van der Waals surface area contributed by atoms with Crippen molar-refractivity contribution in [3.05, 3.63) is 87.2 Å². The molecule has 3 aromatic rings. The van der Waals surface area contributed by atoms with Gasteiger partial charge in [0.15, 0.2) is 0 Å². The molecule has 0 aliphatic heterocycles. The average Bonchev–Trinajstić information content (AvgIpc) is 2.74. The Kier molecular flexibility index (Phi) is 7.41. The summed E-state index contributed by atoms with van der Waals surface area (Å²) in [5, 5.41) is 8.01. The van der Waals surface area contributed by atoms with Crippen molar-refractivity contribution >= 4 is 17.5 Å². The third kappa shape index (κ3) is 6.04. The molecule has 6 heteroatoms. The van der Waals surface area contributed by atoms with Crippen LogP contribution in [-0.2, 0) is 17.8 Å². The van der Waals surface area contributed by atoms with Crippen molar-refractivity contribution in [3.8, 4) is 11.3 Å². The molecule has 1 amide bonds. The number of benzene rings is 2. The molecule has 1 heterocycles. The number of nitrogens with one attached hydrogen (secondary N) is 1. The van der Waals surface area contributed by atoms with Gasteiger partial charge in [0, 0.05) is 29.6 Å². The zero-order valence-corrected chi connectivity index (χ0v) is 18.0. The van der Waals surface area contributed by atoms with Crippen LogP contribution in [0.4, 0.5) is 0 Å². The normalized spacial score (nSPS) is 10.9. The van der Waals surface area contributed by atoms with Gasteiger partial charge in [0.2, 0.25) is 5.91 Å². The number of halogens is 1. The van der Waals surface area contributed by atoms with Crippen molar-refractivity contribution in [2.45, 2.75) is 39.2 Å². The number of hydrogen-bond donors (Lipinski definition) is 1. The quantitative estimate of drug-likeness (QED) is 0.582. The van der Waals surface area contributed by atoms with Gasteiger partial charge in [-0.2, -0.15) is 5.10 Å². The fourth-order valence-electron chi connectivity index (χ4n) is 3.10. The van der Waals surface area contributed by atoms with Gasteiger partial charge < -0.3 is 5.32 Å². The lowest BCUT2D eigenvalue weighted by Crippen LogP contribution is -2.29. The lowest BCUT2D eigenvalue weighted by atomic mass is 10.0. The summed E-state index contributed by atoms with van der Waals surface area (Å²) < 4.78 is 1.35. The van der Waals surface area contributed by atoms with Gasteiger partial charge in [-0.15, -0.1) is 0 Å². The summed E-state index contributed by atoms with van der Waals surface area (Å²) in [5.74, 6) is 0.350. The van der Waals surface area contributed by atoms with Crippen molar-refractivity contribution in [1.29, 1.82) is 0 Å². The van der Waals surface area contributed by atoms with E-state index in [-0.39, 0.29) is 24.4 Å². The number of amides is 1. The molecular weight excluding hydrogens is 398 g/mol. The molecule has 3 rings (SSSR count). The Hall–Kier alpha value is -2.92. The Labute approximate surface area is 181 Å². The van der Waals surface area contributed by atoms with Crippen LogP contribution in [0.3, 0.4) is 0 Å². The molecule has 2 aromatic carbocycles. The third-order valence-electron chi connectivity index (χ3n) is 4.94. The maximum atomic E-state index is 12.2. The van der Waals surface area contributed by atoms with Crippen molar-refractivity contribution in [3.63, 3.8) is 0 Å². The first-order chi connectivity index (χ1) is 14.4. The summed E-state index contributed by atoms with van der Waals surface area (Å²) in [6.45, 7) is 5.07. The van der Waals surface area contributed by atoms with E-state index in [0.29, 0.717) is 23.2 Å². The molecule has 156 valence electrons. The summed E-state index contributed by atoms with van der Waals surface area (Å²) in [5.41, 5.74) is 3.80. The molecule has 1 aromatic heterocycles. The highest BCUT2D eigenvalue weighted by molar-refractivity contribution is 6.30. The molecule has 30 heavy (non-hydrogen) atoms. The molecule has 0 aliphatic carbocycles. The Morgan fingerprint density at radius 3 is 2.40 bits per heavy atom. The second-order valence-electron chi connectivity index (χ2n) is 7.53. The SMILES string of the molecule is CC(C)c1ccc(-c2ccc(=O)n(CCC(=O)NCCc3ccc(Cl)cc3)n2)cc1. The highest BCUT2D eigenvalue weighted by Crippen LogP contribution is 2.20. The number of carbonyl (C=O) groups is 1. The topological polar surface area (TPSA) is 64.0 Å². The van der Waals surface area contributed by atoms with E-state index in [2.05, 4.69) is 36.4 Å². The lowest BCUT2D eigenvalue weighted by molar-refractivity contribution is -0.121. The Balaban J connectivity index is 1.55. The van der Waals surface area contributed by atoms with Crippen LogP contribution in [0.15, 0.2) is 65.5 Å². The molecule has 0 saturated carbocycles. The molecule has 0 spiro atoms. The highest BCUT2D eigenvalue weighted by atomic mass is 35.5.